The Morgan fingerprint density at radius 2 is 2.04 bits per heavy atom. The van der Waals surface area contributed by atoms with Crippen molar-refractivity contribution < 1.29 is 9.90 Å². The van der Waals surface area contributed by atoms with Gasteiger partial charge in [0, 0.05) is 41.7 Å². The molecule has 0 unspecified atom stereocenters. The Hall–Kier alpha value is -2.70. The Morgan fingerprint density at radius 3 is 2.71 bits per heavy atom. The van der Waals surface area contributed by atoms with Gasteiger partial charge in [-0.25, -0.2) is 0 Å². The first-order chi connectivity index (χ1) is 13.5. The molecule has 0 fully saturated rings. The van der Waals surface area contributed by atoms with Crippen molar-refractivity contribution in [3.05, 3.63) is 59.4 Å². The molecule has 28 heavy (non-hydrogen) atoms. The Bertz CT molecular complexity index is 953. The molecule has 1 atom stereocenters. The molecular formula is C21H23ClN4O2. The van der Waals surface area contributed by atoms with Gasteiger partial charge in [-0.05, 0) is 49.7 Å². The summed E-state index contributed by atoms with van der Waals surface area (Å²) in [6.07, 6.45) is 4.29. The van der Waals surface area contributed by atoms with Crippen molar-refractivity contribution in [2.45, 2.75) is 32.9 Å². The largest absolute Gasteiger partial charge is 0.394 e. The van der Waals surface area contributed by atoms with Gasteiger partial charge in [-0.2, -0.15) is 5.10 Å². The number of aliphatic hydroxyl groups excluding tert-OH is 1. The molecule has 0 saturated carbocycles. The molecule has 0 saturated heterocycles. The molecule has 3 aromatic rings. The predicted molar refractivity (Wildman–Crippen MR) is 110 cm³/mol. The minimum atomic E-state index is -0.334. The molecule has 0 aliphatic carbocycles. The number of aromatic nitrogens is 3. The van der Waals surface area contributed by atoms with Gasteiger partial charge in [0.25, 0.3) is 5.91 Å². The van der Waals surface area contributed by atoms with Crippen LogP contribution in [0.25, 0.3) is 22.5 Å². The smallest absolute Gasteiger partial charge is 0.251 e. The summed E-state index contributed by atoms with van der Waals surface area (Å²) in [5, 5.41) is 17.0. The number of hydrogen-bond acceptors (Lipinski definition) is 4. The number of nitrogens with zero attached hydrogens (tertiary/aromatic N) is 3. The van der Waals surface area contributed by atoms with Gasteiger partial charge < -0.3 is 10.4 Å². The number of aliphatic hydroxyl groups is 1. The average molecular weight is 399 g/mol. The number of carbonyl (C=O) groups is 1. The van der Waals surface area contributed by atoms with Crippen molar-refractivity contribution in [2.24, 2.45) is 0 Å². The number of hydrogen-bond donors (Lipinski definition) is 2. The van der Waals surface area contributed by atoms with Crippen LogP contribution in [0, 0.1) is 0 Å². The van der Waals surface area contributed by atoms with Gasteiger partial charge in [0.1, 0.15) is 0 Å². The van der Waals surface area contributed by atoms with Gasteiger partial charge in [-0.3, -0.25) is 14.5 Å². The molecule has 2 N–H and O–H groups in total. The van der Waals surface area contributed by atoms with E-state index in [1.807, 2.05) is 28.9 Å². The number of nitrogens with one attached hydrogen (secondary N) is 1. The summed E-state index contributed by atoms with van der Waals surface area (Å²) in [6.45, 7) is 4.50. The van der Waals surface area contributed by atoms with E-state index in [1.165, 1.54) is 0 Å². The maximum Gasteiger partial charge on any atom is 0.251 e. The Kier molecular flexibility index (Phi) is 6.44. The van der Waals surface area contributed by atoms with Crippen LogP contribution in [0.3, 0.4) is 0 Å². The second kappa shape index (κ2) is 8.99. The first-order valence-electron chi connectivity index (χ1n) is 9.22. The van der Waals surface area contributed by atoms with E-state index >= 15 is 0 Å². The van der Waals surface area contributed by atoms with Gasteiger partial charge in [0.2, 0.25) is 0 Å². The molecule has 2 aromatic heterocycles. The van der Waals surface area contributed by atoms with Gasteiger partial charge in [-0.1, -0.05) is 18.5 Å². The fraction of sp³-hybridized carbons (Fsp3) is 0.286. The number of benzene rings is 1. The van der Waals surface area contributed by atoms with E-state index in [-0.39, 0.29) is 18.6 Å². The van der Waals surface area contributed by atoms with Crippen LogP contribution in [0.5, 0.6) is 0 Å². The van der Waals surface area contributed by atoms with Crippen molar-refractivity contribution in [2.75, 3.05) is 6.61 Å². The molecule has 0 aliphatic rings. The van der Waals surface area contributed by atoms with Gasteiger partial charge >= 0.3 is 0 Å². The summed E-state index contributed by atoms with van der Waals surface area (Å²) in [6, 6.07) is 10.8. The monoisotopic (exact) mass is 398 g/mol. The molecule has 3 rings (SSSR count). The van der Waals surface area contributed by atoms with Crippen LogP contribution in [0.1, 0.15) is 30.6 Å². The van der Waals surface area contributed by atoms with E-state index in [9.17, 15) is 9.90 Å². The molecule has 6 nitrogen and oxygen atoms in total. The van der Waals surface area contributed by atoms with E-state index < -0.39 is 0 Å². The zero-order valence-electron chi connectivity index (χ0n) is 15.9. The number of aryl methyl sites for hydroxylation is 1. The summed E-state index contributed by atoms with van der Waals surface area (Å²) in [5.74, 6) is -0.250. The molecule has 7 heteroatoms. The zero-order valence-corrected chi connectivity index (χ0v) is 16.6. The average Bonchev–Trinajstić information content (AvgIpc) is 3.16. The number of carbonyl (C=O) groups excluding carboxylic acids is 1. The Balaban J connectivity index is 2.09. The van der Waals surface area contributed by atoms with Crippen LogP contribution in [-0.4, -0.2) is 38.4 Å². The lowest BCUT2D eigenvalue weighted by molar-refractivity contribution is 0.0922. The summed E-state index contributed by atoms with van der Waals surface area (Å²) in [4.78, 5) is 17.1. The fourth-order valence-corrected chi connectivity index (χ4v) is 3.03. The van der Waals surface area contributed by atoms with E-state index in [0.29, 0.717) is 10.6 Å². The Labute approximate surface area is 169 Å². The lowest BCUT2D eigenvalue weighted by Gasteiger charge is -2.14. The van der Waals surface area contributed by atoms with Crippen LogP contribution in [0.4, 0.5) is 0 Å². The molecule has 146 valence electrons. The summed E-state index contributed by atoms with van der Waals surface area (Å²) < 4.78 is 1.92. The minimum Gasteiger partial charge on any atom is -0.394 e. The second-order valence-electron chi connectivity index (χ2n) is 6.66. The second-order valence-corrected chi connectivity index (χ2v) is 7.09. The number of pyridine rings is 1. The maximum absolute atomic E-state index is 12.7. The highest BCUT2D eigenvalue weighted by Crippen LogP contribution is 2.28. The highest BCUT2D eigenvalue weighted by molar-refractivity contribution is 6.30. The van der Waals surface area contributed by atoms with Crippen LogP contribution in [-0.2, 0) is 6.54 Å². The number of rotatable bonds is 7. The van der Waals surface area contributed by atoms with E-state index in [0.717, 1.165) is 35.5 Å². The van der Waals surface area contributed by atoms with Crippen LogP contribution >= 0.6 is 11.6 Å². The van der Waals surface area contributed by atoms with Gasteiger partial charge in [0.15, 0.2) is 0 Å². The summed E-state index contributed by atoms with van der Waals surface area (Å²) in [5.41, 5.74) is 3.83. The van der Waals surface area contributed by atoms with Crippen LogP contribution < -0.4 is 5.32 Å². The van der Waals surface area contributed by atoms with Crippen molar-refractivity contribution in [1.29, 1.82) is 0 Å². The lowest BCUT2D eigenvalue weighted by atomic mass is 10.0. The number of amides is 1. The Morgan fingerprint density at radius 1 is 1.25 bits per heavy atom. The molecule has 2 heterocycles. The van der Waals surface area contributed by atoms with Crippen molar-refractivity contribution in [3.8, 4) is 22.5 Å². The van der Waals surface area contributed by atoms with Crippen molar-refractivity contribution >= 4 is 17.5 Å². The quantitative estimate of drug-likeness (QED) is 0.634. The highest BCUT2D eigenvalue weighted by atomic mass is 35.5. The van der Waals surface area contributed by atoms with E-state index in [4.69, 9.17) is 11.6 Å². The maximum atomic E-state index is 12.7. The van der Waals surface area contributed by atoms with Crippen LogP contribution in [0.15, 0.2) is 48.8 Å². The van der Waals surface area contributed by atoms with Crippen LogP contribution in [0.2, 0.25) is 5.02 Å². The standard InChI is InChI=1S/C21H23ClN4O2/c1-3-8-26-20(6-7-24-26)16-9-15(19-5-4-18(22)12-23-19)10-17(11-16)21(28)25-14(2)13-27/h4-7,9-12,14,27H,3,8,13H2,1-2H3,(H,25,28)/t14-/m0/s1. The third-order valence-corrected chi connectivity index (χ3v) is 4.54. The molecule has 0 bridgehead atoms. The highest BCUT2D eigenvalue weighted by Gasteiger charge is 2.15. The zero-order chi connectivity index (χ0) is 20.1. The molecule has 1 amide bonds. The van der Waals surface area contributed by atoms with Crippen molar-refractivity contribution in [1.82, 2.24) is 20.1 Å². The van der Waals surface area contributed by atoms with E-state index in [2.05, 4.69) is 22.3 Å². The minimum absolute atomic E-state index is 0.125. The predicted octanol–water partition coefficient (Wildman–Crippen LogP) is 3.79. The SMILES string of the molecule is CCCn1nccc1-c1cc(C(=O)N[C@@H](C)CO)cc(-c2ccc(Cl)cn2)c1. The normalized spacial score (nSPS) is 12.0. The molecule has 0 radical (unpaired) electrons. The van der Waals surface area contributed by atoms with E-state index in [1.54, 1.807) is 31.5 Å². The third-order valence-electron chi connectivity index (χ3n) is 4.32. The first-order valence-corrected chi connectivity index (χ1v) is 9.60. The molecular weight excluding hydrogens is 376 g/mol. The van der Waals surface area contributed by atoms with Crippen molar-refractivity contribution in [3.63, 3.8) is 0 Å². The fourth-order valence-electron chi connectivity index (χ4n) is 2.92. The molecule has 0 aliphatic heterocycles. The lowest BCUT2D eigenvalue weighted by Crippen LogP contribution is -2.35. The van der Waals surface area contributed by atoms with Gasteiger partial charge in [0.05, 0.1) is 23.0 Å². The topological polar surface area (TPSA) is 80.0 Å². The van der Waals surface area contributed by atoms with Gasteiger partial charge in [-0.15, -0.1) is 0 Å². The summed E-state index contributed by atoms with van der Waals surface area (Å²) in [7, 11) is 0. The first kappa shape index (κ1) is 20.0. The molecule has 1 aromatic carbocycles. The summed E-state index contributed by atoms with van der Waals surface area (Å²) >= 11 is 5.96. The molecule has 0 spiro atoms. The third kappa shape index (κ3) is 4.58. The number of halogens is 1.